The van der Waals surface area contributed by atoms with Gasteiger partial charge in [-0.3, -0.25) is 9.59 Å². The van der Waals surface area contributed by atoms with Crippen molar-refractivity contribution in [2.24, 2.45) is 5.73 Å². The molecule has 1 saturated heterocycles. The van der Waals surface area contributed by atoms with Gasteiger partial charge in [0.05, 0.1) is 17.4 Å². The molecule has 5 N–H and O–H groups in total. The fourth-order valence-corrected chi connectivity index (χ4v) is 2.22. The Bertz CT molecular complexity index is 511. The Hall–Kier alpha value is -2.31. The summed E-state index contributed by atoms with van der Waals surface area (Å²) in [7, 11) is 0. The van der Waals surface area contributed by atoms with E-state index < -0.39 is 5.91 Å². The van der Waals surface area contributed by atoms with Crippen LogP contribution in [0.15, 0.2) is 12.3 Å². The molecule has 0 unspecified atom stereocenters. The summed E-state index contributed by atoms with van der Waals surface area (Å²) in [5.41, 5.74) is 11.4. The molecule has 0 saturated carbocycles. The number of nitrogens with zero attached hydrogens (tertiary/aromatic N) is 2. The molecule has 2 amide bonds. The lowest BCUT2D eigenvalue weighted by Gasteiger charge is -2.15. The number of rotatable bonds is 5. The molecule has 2 heterocycles. The summed E-state index contributed by atoms with van der Waals surface area (Å²) in [6, 6.07) is 1.47. The molecule has 0 spiro atoms. The van der Waals surface area contributed by atoms with E-state index in [1.54, 1.807) is 0 Å². The molecule has 1 fully saturated rings. The van der Waals surface area contributed by atoms with Gasteiger partial charge in [-0.1, -0.05) is 0 Å². The first-order valence-corrected chi connectivity index (χ1v) is 6.65. The monoisotopic (exact) mass is 277 g/mol. The van der Waals surface area contributed by atoms with Crippen LogP contribution in [-0.4, -0.2) is 41.3 Å². The van der Waals surface area contributed by atoms with Gasteiger partial charge in [-0.05, 0) is 18.9 Å². The summed E-state index contributed by atoms with van der Waals surface area (Å²) >= 11 is 0. The fourth-order valence-electron chi connectivity index (χ4n) is 2.22. The van der Waals surface area contributed by atoms with Gasteiger partial charge in [0.15, 0.2) is 0 Å². The van der Waals surface area contributed by atoms with Crippen molar-refractivity contribution in [3.63, 3.8) is 0 Å². The molecule has 0 atom stereocenters. The molecule has 1 aliphatic rings. The van der Waals surface area contributed by atoms with Crippen LogP contribution < -0.4 is 16.8 Å². The van der Waals surface area contributed by atoms with Gasteiger partial charge < -0.3 is 21.7 Å². The molecule has 7 heteroatoms. The number of hydrogen-bond donors (Lipinski definition) is 3. The highest BCUT2D eigenvalue weighted by Gasteiger charge is 2.17. The van der Waals surface area contributed by atoms with E-state index in [1.807, 2.05) is 4.90 Å². The van der Waals surface area contributed by atoms with Crippen LogP contribution in [0.5, 0.6) is 0 Å². The Balaban J connectivity index is 1.90. The van der Waals surface area contributed by atoms with Crippen molar-refractivity contribution in [3.8, 4) is 0 Å². The van der Waals surface area contributed by atoms with Crippen molar-refractivity contribution >= 4 is 23.3 Å². The number of aromatic nitrogens is 1. The first-order valence-electron chi connectivity index (χ1n) is 6.65. The Morgan fingerprint density at radius 3 is 2.70 bits per heavy atom. The van der Waals surface area contributed by atoms with Gasteiger partial charge in [-0.15, -0.1) is 0 Å². The first-order chi connectivity index (χ1) is 9.58. The van der Waals surface area contributed by atoms with Gasteiger partial charge >= 0.3 is 0 Å². The molecular weight excluding hydrogens is 258 g/mol. The lowest BCUT2D eigenvalue weighted by Crippen LogP contribution is -2.29. The number of primary amides is 1. The van der Waals surface area contributed by atoms with E-state index in [0.717, 1.165) is 25.9 Å². The predicted molar refractivity (Wildman–Crippen MR) is 76.1 cm³/mol. The molecule has 0 aliphatic carbocycles. The minimum Gasteiger partial charge on any atom is -0.397 e. The number of carbonyl (C=O) groups excluding carboxylic acids is 2. The van der Waals surface area contributed by atoms with Gasteiger partial charge in [0.2, 0.25) is 5.91 Å². The van der Waals surface area contributed by atoms with Gasteiger partial charge in [0.1, 0.15) is 5.82 Å². The van der Waals surface area contributed by atoms with Crippen LogP contribution in [0.2, 0.25) is 0 Å². The molecule has 7 nitrogen and oxygen atoms in total. The van der Waals surface area contributed by atoms with E-state index in [0.29, 0.717) is 24.5 Å². The zero-order valence-corrected chi connectivity index (χ0v) is 11.3. The van der Waals surface area contributed by atoms with Crippen LogP contribution >= 0.6 is 0 Å². The summed E-state index contributed by atoms with van der Waals surface area (Å²) in [6.07, 6.45) is 3.95. The van der Waals surface area contributed by atoms with E-state index in [2.05, 4.69) is 10.3 Å². The highest BCUT2D eigenvalue weighted by Crippen LogP contribution is 2.15. The van der Waals surface area contributed by atoms with E-state index in [4.69, 9.17) is 11.5 Å². The number of likely N-dealkylation sites (tertiary alicyclic amines) is 1. The second kappa shape index (κ2) is 6.23. The summed E-state index contributed by atoms with van der Waals surface area (Å²) in [4.78, 5) is 29.0. The number of pyridine rings is 1. The number of amides is 2. The summed E-state index contributed by atoms with van der Waals surface area (Å²) in [5, 5.41) is 2.96. The van der Waals surface area contributed by atoms with Crippen molar-refractivity contribution in [2.75, 3.05) is 30.7 Å². The second-order valence-electron chi connectivity index (χ2n) is 4.79. The minimum absolute atomic E-state index is 0.117. The van der Waals surface area contributed by atoms with Crippen LogP contribution in [0.3, 0.4) is 0 Å². The molecular formula is C13H19N5O2. The second-order valence-corrected chi connectivity index (χ2v) is 4.79. The molecule has 20 heavy (non-hydrogen) atoms. The van der Waals surface area contributed by atoms with Crippen LogP contribution in [0.25, 0.3) is 0 Å². The van der Waals surface area contributed by atoms with Crippen LogP contribution in [0.4, 0.5) is 11.5 Å². The average molecular weight is 277 g/mol. The fraction of sp³-hybridized carbons (Fsp3) is 0.462. The van der Waals surface area contributed by atoms with E-state index in [9.17, 15) is 9.59 Å². The highest BCUT2D eigenvalue weighted by molar-refractivity contribution is 5.98. The van der Waals surface area contributed by atoms with Crippen molar-refractivity contribution in [1.29, 1.82) is 0 Å². The molecule has 0 aromatic carbocycles. The summed E-state index contributed by atoms with van der Waals surface area (Å²) in [6.45, 7) is 2.09. The Labute approximate surface area is 117 Å². The van der Waals surface area contributed by atoms with Crippen LogP contribution in [0.1, 0.15) is 29.6 Å². The van der Waals surface area contributed by atoms with E-state index in [-0.39, 0.29) is 11.5 Å². The molecule has 0 bridgehead atoms. The number of nitrogens with two attached hydrogens (primary N) is 2. The molecule has 1 aromatic heterocycles. The number of carbonyl (C=O) groups is 2. The number of nitrogen functional groups attached to an aromatic ring is 1. The standard InChI is InChI=1S/C13H19N5O2/c14-9-7-10(12(15)20)13(17-8-9)16-4-3-11(19)18-5-1-2-6-18/h7-8H,1-6,14H2,(H2,15,20)(H,16,17). The SMILES string of the molecule is NC(=O)c1cc(N)cnc1NCCC(=O)N1CCCC1. The third kappa shape index (κ3) is 3.37. The van der Waals surface area contributed by atoms with E-state index >= 15 is 0 Å². The maximum absolute atomic E-state index is 11.9. The minimum atomic E-state index is -0.599. The first kappa shape index (κ1) is 14.1. The predicted octanol–water partition coefficient (Wildman–Crippen LogP) is 0.187. The normalized spacial score (nSPS) is 14.3. The molecule has 0 radical (unpaired) electrons. The summed E-state index contributed by atoms with van der Waals surface area (Å²) < 4.78 is 0. The maximum atomic E-state index is 11.9. The van der Waals surface area contributed by atoms with Crippen molar-refractivity contribution in [2.45, 2.75) is 19.3 Å². The Morgan fingerprint density at radius 2 is 2.05 bits per heavy atom. The van der Waals surface area contributed by atoms with Crippen LogP contribution in [0, 0.1) is 0 Å². The van der Waals surface area contributed by atoms with Crippen molar-refractivity contribution < 1.29 is 9.59 Å². The van der Waals surface area contributed by atoms with Crippen molar-refractivity contribution in [3.05, 3.63) is 17.8 Å². The third-order valence-electron chi connectivity index (χ3n) is 3.26. The molecule has 1 aromatic rings. The Morgan fingerprint density at radius 1 is 1.35 bits per heavy atom. The zero-order valence-electron chi connectivity index (χ0n) is 11.3. The lowest BCUT2D eigenvalue weighted by atomic mass is 10.2. The van der Waals surface area contributed by atoms with Gasteiger partial charge in [0.25, 0.3) is 5.91 Å². The lowest BCUT2D eigenvalue weighted by molar-refractivity contribution is -0.129. The molecule has 1 aliphatic heterocycles. The number of hydrogen-bond acceptors (Lipinski definition) is 5. The molecule has 108 valence electrons. The topological polar surface area (TPSA) is 114 Å². The number of anilines is 2. The van der Waals surface area contributed by atoms with Crippen molar-refractivity contribution in [1.82, 2.24) is 9.88 Å². The van der Waals surface area contributed by atoms with E-state index in [1.165, 1.54) is 12.3 Å². The quantitative estimate of drug-likeness (QED) is 0.710. The third-order valence-corrected chi connectivity index (χ3v) is 3.26. The van der Waals surface area contributed by atoms with Gasteiger partial charge in [-0.2, -0.15) is 0 Å². The number of nitrogens with one attached hydrogen (secondary N) is 1. The maximum Gasteiger partial charge on any atom is 0.252 e. The summed E-state index contributed by atoms with van der Waals surface area (Å²) in [5.74, 6) is -0.120. The highest BCUT2D eigenvalue weighted by atomic mass is 16.2. The zero-order chi connectivity index (χ0) is 14.5. The average Bonchev–Trinajstić information content (AvgIpc) is 2.94. The molecule has 2 rings (SSSR count). The van der Waals surface area contributed by atoms with Gasteiger partial charge in [-0.25, -0.2) is 4.98 Å². The van der Waals surface area contributed by atoms with Gasteiger partial charge in [0, 0.05) is 26.1 Å². The smallest absolute Gasteiger partial charge is 0.252 e. The largest absolute Gasteiger partial charge is 0.397 e. The Kier molecular flexibility index (Phi) is 4.39. The van der Waals surface area contributed by atoms with Crippen LogP contribution in [-0.2, 0) is 4.79 Å².